The first-order valence-electron chi connectivity index (χ1n) is 14.2. The summed E-state index contributed by atoms with van der Waals surface area (Å²) in [7, 11) is 0. The molecule has 0 bridgehead atoms. The quantitative estimate of drug-likeness (QED) is 0.243. The lowest BCUT2D eigenvalue weighted by Gasteiger charge is -2.29. The molecule has 42 heavy (non-hydrogen) atoms. The lowest BCUT2D eigenvalue weighted by atomic mass is 9.80. The van der Waals surface area contributed by atoms with Gasteiger partial charge in [0.2, 0.25) is 17.6 Å². The van der Waals surface area contributed by atoms with Crippen molar-refractivity contribution in [3.63, 3.8) is 0 Å². The fourth-order valence-corrected chi connectivity index (χ4v) is 5.24. The molecule has 1 aromatic heterocycles. The number of tetrazole rings is 1. The number of halogens is 1. The zero-order valence-corrected chi connectivity index (χ0v) is 25.7. The largest absolute Gasteiger partial charge is 0.444 e. The van der Waals surface area contributed by atoms with Crippen molar-refractivity contribution >= 4 is 39.5 Å². The predicted octanol–water partition coefficient (Wildman–Crippen LogP) is 5.02. The number of alkyl carbamates (subject to hydrolysis) is 1. The van der Waals surface area contributed by atoms with Crippen LogP contribution in [-0.4, -0.2) is 56.7 Å². The molecule has 1 atom stereocenters. The highest BCUT2D eigenvalue weighted by Crippen LogP contribution is 2.30. The lowest BCUT2D eigenvalue weighted by molar-refractivity contribution is -0.127. The maximum Gasteiger partial charge on any atom is 0.407 e. The van der Waals surface area contributed by atoms with Crippen molar-refractivity contribution in [2.75, 3.05) is 11.9 Å². The average molecular weight is 641 g/mol. The summed E-state index contributed by atoms with van der Waals surface area (Å²) in [6.45, 7) is 6.09. The van der Waals surface area contributed by atoms with Crippen LogP contribution in [0.4, 0.5) is 10.5 Å². The summed E-state index contributed by atoms with van der Waals surface area (Å²) in [6.07, 6.45) is 3.95. The molecule has 0 aliphatic heterocycles. The minimum absolute atomic E-state index is 0.143. The number of aromatic amines is 1. The van der Waals surface area contributed by atoms with Gasteiger partial charge in [0.05, 0.1) is 0 Å². The van der Waals surface area contributed by atoms with Gasteiger partial charge in [-0.15, -0.1) is 10.2 Å². The molecule has 2 aromatic carbocycles. The fourth-order valence-electron chi connectivity index (χ4n) is 4.98. The second-order valence-electron chi connectivity index (χ2n) is 11.7. The Labute approximate surface area is 254 Å². The van der Waals surface area contributed by atoms with Crippen LogP contribution < -0.4 is 16.0 Å². The van der Waals surface area contributed by atoms with Gasteiger partial charge in [-0.2, -0.15) is 5.21 Å². The molecule has 11 nitrogen and oxygen atoms in total. The third-order valence-electron chi connectivity index (χ3n) is 7.14. The Bertz CT molecular complexity index is 1320. The molecule has 1 heterocycles. The van der Waals surface area contributed by atoms with E-state index in [0.717, 1.165) is 41.3 Å². The van der Waals surface area contributed by atoms with Crippen LogP contribution in [0.25, 0.3) is 11.4 Å². The predicted molar refractivity (Wildman–Crippen MR) is 162 cm³/mol. The van der Waals surface area contributed by atoms with Gasteiger partial charge < -0.3 is 20.7 Å². The Kier molecular flexibility index (Phi) is 10.7. The Balaban J connectivity index is 1.30. The summed E-state index contributed by atoms with van der Waals surface area (Å²) < 4.78 is 6.26. The van der Waals surface area contributed by atoms with Gasteiger partial charge >= 0.3 is 6.09 Å². The topological polar surface area (TPSA) is 151 Å². The second-order valence-corrected chi connectivity index (χ2v) is 12.6. The Morgan fingerprint density at radius 3 is 2.29 bits per heavy atom. The third-order valence-corrected chi connectivity index (χ3v) is 7.66. The molecule has 1 saturated carbocycles. The molecule has 1 aliphatic rings. The molecule has 1 fully saturated rings. The maximum absolute atomic E-state index is 13.4. The van der Waals surface area contributed by atoms with Gasteiger partial charge in [0.25, 0.3) is 0 Å². The van der Waals surface area contributed by atoms with Crippen molar-refractivity contribution in [3.05, 3.63) is 58.6 Å². The molecule has 0 spiro atoms. The van der Waals surface area contributed by atoms with Gasteiger partial charge in [0.15, 0.2) is 0 Å². The number of aromatic nitrogens is 4. The van der Waals surface area contributed by atoms with Crippen molar-refractivity contribution in [3.8, 4) is 11.4 Å². The van der Waals surface area contributed by atoms with Crippen LogP contribution in [0.3, 0.4) is 0 Å². The number of hydrogen-bond donors (Lipinski definition) is 4. The van der Waals surface area contributed by atoms with E-state index in [4.69, 9.17) is 4.74 Å². The normalized spacial score (nSPS) is 17.6. The Morgan fingerprint density at radius 1 is 1.00 bits per heavy atom. The average Bonchev–Trinajstić information content (AvgIpc) is 3.48. The summed E-state index contributed by atoms with van der Waals surface area (Å²) in [6, 6.07) is 14.1. The summed E-state index contributed by atoms with van der Waals surface area (Å²) in [5.74, 6) is 0.614. The van der Waals surface area contributed by atoms with E-state index in [-0.39, 0.29) is 17.7 Å². The molecule has 4 rings (SSSR count). The van der Waals surface area contributed by atoms with Crippen LogP contribution in [0.1, 0.15) is 58.4 Å². The highest BCUT2D eigenvalue weighted by Gasteiger charge is 2.27. The third kappa shape index (κ3) is 9.93. The number of benzene rings is 2. The molecular formula is C30H38BrN7O4. The minimum Gasteiger partial charge on any atom is -0.444 e. The molecule has 1 aliphatic carbocycles. The van der Waals surface area contributed by atoms with Crippen LogP contribution in [-0.2, 0) is 20.7 Å². The van der Waals surface area contributed by atoms with E-state index in [2.05, 4.69) is 52.5 Å². The van der Waals surface area contributed by atoms with E-state index >= 15 is 0 Å². The first-order valence-corrected chi connectivity index (χ1v) is 15.0. The van der Waals surface area contributed by atoms with Gasteiger partial charge in [-0.3, -0.25) is 9.59 Å². The highest BCUT2D eigenvalue weighted by molar-refractivity contribution is 9.10. The van der Waals surface area contributed by atoms with E-state index in [1.807, 2.05) is 45.0 Å². The number of rotatable bonds is 10. The zero-order chi connectivity index (χ0) is 30.1. The smallest absolute Gasteiger partial charge is 0.407 e. The van der Waals surface area contributed by atoms with Crippen LogP contribution >= 0.6 is 15.9 Å². The van der Waals surface area contributed by atoms with Crippen LogP contribution in [0.2, 0.25) is 0 Å². The van der Waals surface area contributed by atoms with Crippen LogP contribution in [0.5, 0.6) is 0 Å². The number of amides is 3. The fraction of sp³-hybridized carbons (Fsp3) is 0.467. The van der Waals surface area contributed by atoms with Crippen LogP contribution in [0.15, 0.2) is 53.0 Å². The lowest BCUT2D eigenvalue weighted by Crippen LogP contribution is -2.45. The number of carbonyl (C=O) groups is 3. The van der Waals surface area contributed by atoms with E-state index in [1.54, 1.807) is 24.3 Å². The minimum atomic E-state index is -0.745. The first kappa shape index (κ1) is 31.1. The SMILES string of the molecule is CC(C)(C)OC(=O)NCC1CCC(CC(=O)NC(Cc2ccc(Br)cc2)C(=O)Nc2ccc(-c3nn[nH]n3)cc2)CC1. The summed E-state index contributed by atoms with van der Waals surface area (Å²) in [4.78, 5) is 38.5. The van der Waals surface area contributed by atoms with E-state index in [9.17, 15) is 14.4 Å². The van der Waals surface area contributed by atoms with Crippen molar-refractivity contribution in [2.45, 2.75) is 70.9 Å². The standard InChI is InChI=1S/C30H38BrN7O4/c1-30(2,3)42-29(41)32-18-21-6-4-20(5-7-21)17-26(39)34-25(16-19-8-12-23(31)13-9-19)28(40)33-24-14-10-22(11-15-24)27-35-37-38-36-27/h8-15,20-21,25H,4-7,16-18H2,1-3H3,(H,32,41)(H,33,40)(H,34,39)(H,35,36,37,38). The summed E-state index contributed by atoms with van der Waals surface area (Å²) in [5, 5.41) is 22.7. The molecule has 1 unspecified atom stereocenters. The van der Waals surface area contributed by atoms with E-state index in [1.165, 1.54) is 0 Å². The number of H-pyrrole nitrogens is 1. The Morgan fingerprint density at radius 2 is 1.67 bits per heavy atom. The number of hydrogen-bond acceptors (Lipinski definition) is 7. The van der Waals surface area contributed by atoms with Crippen molar-refractivity contribution in [1.82, 2.24) is 31.3 Å². The van der Waals surface area contributed by atoms with E-state index < -0.39 is 17.7 Å². The molecule has 0 saturated heterocycles. The van der Waals surface area contributed by atoms with Gasteiger partial charge in [0.1, 0.15) is 11.6 Å². The number of anilines is 1. The molecular weight excluding hydrogens is 602 g/mol. The van der Waals surface area contributed by atoms with Crippen molar-refractivity contribution in [2.24, 2.45) is 11.8 Å². The molecule has 3 amide bonds. The first-order chi connectivity index (χ1) is 20.0. The zero-order valence-electron chi connectivity index (χ0n) is 24.2. The number of ether oxygens (including phenoxy) is 1. The highest BCUT2D eigenvalue weighted by atomic mass is 79.9. The molecule has 224 valence electrons. The van der Waals surface area contributed by atoms with Crippen LogP contribution in [0, 0.1) is 11.8 Å². The molecule has 4 N–H and O–H groups in total. The number of nitrogens with one attached hydrogen (secondary N) is 4. The second kappa shape index (κ2) is 14.4. The van der Waals surface area contributed by atoms with E-state index in [0.29, 0.717) is 36.8 Å². The number of carbonyl (C=O) groups excluding carboxylic acids is 3. The molecule has 0 radical (unpaired) electrons. The monoisotopic (exact) mass is 639 g/mol. The molecule has 12 heteroatoms. The van der Waals surface area contributed by atoms with Crippen molar-refractivity contribution in [1.29, 1.82) is 0 Å². The Hall–Kier alpha value is -3.80. The summed E-state index contributed by atoms with van der Waals surface area (Å²) >= 11 is 3.44. The van der Waals surface area contributed by atoms with Gasteiger partial charge in [-0.1, -0.05) is 28.1 Å². The number of nitrogens with zero attached hydrogens (tertiary/aromatic N) is 3. The van der Waals surface area contributed by atoms with Gasteiger partial charge in [-0.05, 0) is 105 Å². The van der Waals surface area contributed by atoms with Gasteiger partial charge in [-0.25, -0.2) is 4.79 Å². The summed E-state index contributed by atoms with van der Waals surface area (Å²) in [5.41, 5.74) is 1.77. The molecule has 3 aromatic rings. The maximum atomic E-state index is 13.4. The van der Waals surface area contributed by atoms with Crippen molar-refractivity contribution < 1.29 is 19.1 Å². The van der Waals surface area contributed by atoms with Gasteiger partial charge in [0, 0.05) is 35.1 Å².